The van der Waals surface area contributed by atoms with Gasteiger partial charge in [0.2, 0.25) is 17.6 Å². The number of ketones is 1. The fourth-order valence-electron chi connectivity index (χ4n) is 3.46. The van der Waals surface area contributed by atoms with Gasteiger partial charge in [-0.25, -0.2) is 4.98 Å². The molecule has 34 heavy (non-hydrogen) atoms. The summed E-state index contributed by atoms with van der Waals surface area (Å²) in [5.41, 5.74) is 0.516. The van der Waals surface area contributed by atoms with Crippen molar-refractivity contribution in [1.29, 1.82) is 0 Å². The van der Waals surface area contributed by atoms with Crippen LogP contribution in [0.2, 0.25) is 5.02 Å². The number of aromatic nitrogens is 1. The summed E-state index contributed by atoms with van der Waals surface area (Å²) in [6.45, 7) is 6.40. The van der Waals surface area contributed by atoms with Gasteiger partial charge in [0.15, 0.2) is 10.9 Å². The number of rotatable bonds is 5. The summed E-state index contributed by atoms with van der Waals surface area (Å²) in [4.78, 5) is 47.3. The summed E-state index contributed by atoms with van der Waals surface area (Å²) in [5.74, 6) is -0.374. The van der Waals surface area contributed by atoms with E-state index < -0.39 is 5.41 Å². The number of piperazine rings is 1. The molecule has 176 valence electrons. The van der Waals surface area contributed by atoms with E-state index in [-0.39, 0.29) is 30.0 Å². The van der Waals surface area contributed by atoms with Gasteiger partial charge >= 0.3 is 0 Å². The normalized spacial score (nSPS) is 14.3. The van der Waals surface area contributed by atoms with E-state index in [2.05, 4.69) is 10.3 Å². The Labute approximate surface area is 207 Å². The minimum absolute atomic E-state index is 0.0877. The number of halogens is 1. The molecule has 0 radical (unpaired) electrons. The third-order valence-corrected chi connectivity index (χ3v) is 6.84. The number of hydrogen-bond acceptors (Lipinski definition) is 6. The minimum atomic E-state index is -0.659. The largest absolute Gasteiger partial charge is 0.337 e. The fraction of sp³-hybridized carbons (Fsp3) is 0.280. The van der Waals surface area contributed by atoms with E-state index in [1.807, 2.05) is 29.2 Å². The number of nitrogens with zero attached hydrogens (tertiary/aromatic N) is 3. The van der Waals surface area contributed by atoms with E-state index in [0.717, 1.165) is 0 Å². The van der Waals surface area contributed by atoms with Crippen molar-refractivity contribution in [2.24, 2.45) is 5.41 Å². The third-order valence-electron chi connectivity index (χ3n) is 5.41. The highest BCUT2D eigenvalue weighted by Gasteiger charge is 2.31. The monoisotopic (exact) mass is 496 g/mol. The first kappa shape index (κ1) is 23.9. The first-order valence-corrected chi connectivity index (χ1v) is 12.1. The molecule has 1 aromatic heterocycles. The Morgan fingerprint density at radius 3 is 2.35 bits per heavy atom. The van der Waals surface area contributed by atoms with Crippen LogP contribution >= 0.6 is 22.9 Å². The van der Waals surface area contributed by atoms with Crippen LogP contribution in [0.3, 0.4) is 0 Å². The van der Waals surface area contributed by atoms with Gasteiger partial charge in [0.05, 0.1) is 17.3 Å². The van der Waals surface area contributed by atoms with Gasteiger partial charge in [-0.2, -0.15) is 0 Å². The van der Waals surface area contributed by atoms with E-state index in [4.69, 9.17) is 11.6 Å². The minimum Gasteiger partial charge on any atom is -0.337 e. The number of anilines is 3. The molecule has 1 N–H and O–H groups in total. The lowest BCUT2D eigenvalue weighted by Crippen LogP contribution is -2.50. The Balaban J connectivity index is 1.62. The molecule has 1 saturated heterocycles. The number of para-hydroxylation sites is 1. The van der Waals surface area contributed by atoms with E-state index in [0.29, 0.717) is 39.4 Å². The average Bonchev–Trinajstić information content (AvgIpc) is 3.23. The van der Waals surface area contributed by atoms with Crippen molar-refractivity contribution in [3.8, 4) is 0 Å². The van der Waals surface area contributed by atoms with Crippen LogP contribution in [0.4, 0.5) is 16.6 Å². The zero-order valence-corrected chi connectivity index (χ0v) is 20.7. The smallest absolute Gasteiger partial charge is 0.246 e. The van der Waals surface area contributed by atoms with Gasteiger partial charge in [0.1, 0.15) is 4.88 Å². The number of thiazole rings is 1. The lowest BCUT2D eigenvalue weighted by atomic mass is 9.96. The SMILES string of the molecule is CC(C)(C)C(=O)Nc1nc(N2CCN(c3ccccc3Cl)C(=O)C2)sc1C(=O)c1ccccc1. The molecule has 0 spiro atoms. The first-order valence-electron chi connectivity index (χ1n) is 10.9. The molecule has 1 fully saturated rings. The van der Waals surface area contributed by atoms with Gasteiger partial charge < -0.3 is 15.1 Å². The van der Waals surface area contributed by atoms with Crippen LogP contribution in [0, 0.1) is 5.41 Å². The standard InChI is InChI=1S/C25H25ClN4O3S/c1-25(2,3)23(33)27-22-21(20(32)16-9-5-4-6-10-16)34-24(28-22)29-13-14-30(19(31)15-29)18-12-8-7-11-17(18)26/h4-12H,13-15H2,1-3H3,(H,27,33). The van der Waals surface area contributed by atoms with Crippen LogP contribution in [0.25, 0.3) is 0 Å². The van der Waals surface area contributed by atoms with Crippen molar-refractivity contribution in [3.05, 3.63) is 70.1 Å². The molecular formula is C25H25ClN4O3S. The molecule has 1 aliphatic rings. The number of amides is 2. The predicted octanol–water partition coefficient (Wildman–Crippen LogP) is 4.87. The van der Waals surface area contributed by atoms with E-state index in [9.17, 15) is 14.4 Å². The van der Waals surface area contributed by atoms with Crippen LogP contribution in [0.1, 0.15) is 36.0 Å². The third kappa shape index (κ3) is 4.98. The summed E-state index contributed by atoms with van der Waals surface area (Å²) < 4.78 is 0. The molecule has 9 heteroatoms. The molecule has 2 heterocycles. The predicted molar refractivity (Wildman–Crippen MR) is 136 cm³/mol. The molecule has 2 aromatic carbocycles. The van der Waals surface area contributed by atoms with Crippen molar-refractivity contribution in [2.45, 2.75) is 20.8 Å². The number of nitrogens with one attached hydrogen (secondary N) is 1. The Kier molecular flexibility index (Phi) is 6.72. The highest BCUT2D eigenvalue weighted by atomic mass is 35.5. The lowest BCUT2D eigenvalue weighted by Gasteiger charge is -2.34. The summed E-state index contributed by atoms with van der Waals surface area (Å²) >= 11 is 7.46. The lowest BCUT2D eigenvalue weighted by molar-refractivity contribution is -0.123. The van der Waals surface area contributed by atoms with Crippen molar-refractivity contribution >= 4 is 57.2 Å². The molecule has 3 aromatic rings. The molecule has 7 nitrogen and oxygen atoms in total. The van der Waals surface area contributed by atoms with Gasteiger partial charge in [-0.15, -0.1) is 0 Å². The van der Waals surface area contributed by atoms with Crippen LogP contribution in [-0.2, 0) is 9.59 Å². The van der Waals surface area contributed by atoms with E-state index >= 15 is 0 Å². The van der Waals surface area contributed by atoms with Gasteiger partial charge in [0, 0.05) is 24.1 Å². The Bertz CT molecular complexity index is 1240. The molecule has 1 aliphatic heterocycles. The van der Waals surface area contributed by atoms with Gasteiger partial charge in [-0.05, 0) is 12.1 Å². The van der Waals surface area contributed by atoms with Crippen LogP contribution in [0.15, 0.2) is 54.6 Å². The highest BCUT2D eigenvalue weighted by molar-refractivity contribution is 7.18. The average molecular weight is 497 g/mol. The second-order valence-corrected chi connectivity index (χ2v) is 10.4. The Morgan fingerprint density at radius 1 is 1.03 bits per heavy atom. The molecule has 4 rings (SSSR count). The molecular weight excluding hydrogens is 472 g/mol. The number of carbonyl (C=O) groups excluding carboxylic acids is 3. The number of benzene rings is 2. The molecule has 0 bridgehead atoms. The van der Waals surface area contributed by atoms with Crippen molar-refractivity contribution < 1.29 is 14.4 Å². The van der Waals surface area contributed by atoms with Crippen LogP contribution in [-0.4, -0.2) is 42.2 Å². The summed E-state index contributed by atoms with van der Waals surface area (Å²) in [6, 6.07) is 16.1. The molecule has 0 saturated carbocycles. The quantitative estimate of drug-likeness (QED) is 0.510. The zero-order valence-electron chi connectivity index (χ0n) is 19.2. The molecule has 0 aliphatic carbocycles. The fourth-order valence-corrected chi connectivity index (χ4v) is 4.71. The van der Waals surface area contributed by atoms with E-state index in [1.54, 1.807) is 56.0 Å². The van der Waals surface area contributed by atoms with Crippen LogP contribution < -0.4 is 15.1 Å². The van der Waals surface area contributed by atoms with Crippen molar-refractivity contribution in [2.75, 3.05) is 34.8 Å². The van der Waals surface area contributed by atoms with Crippen molar-refractivity contribution in [1.82, 2.24) is 4.98 Å². The topological polar surface area (TPSA) is 82.6 Å². The molecule has 0 unspecified atom stereocenters. The second kappa shape index (κ2) is 9.56. The summed E-state index contributed by atoms with van der Waals surface area (Å²) in [6.07, 6.45) is 0. The summed E-state index contributed by atoms with van der Waals surface area (Å²) in [5, 5.41) is 3.84. The molecule has 2 amide bonds. The first-order chi connectivity index (χ1) is 16.1. The van der Waals surface area contributed by atoms with Gasteiger partial charge in [0.25, 0.3) is 0 Å². The van der Waals surface area contributed by atoms with Gasteiger partial charge in [-0.3, -0.25) is 14.4 Å². The number of carbonyl (C=O) groups is 3. The van der Waals surface area contributed by atoms with Crippen molar-refractivity contribution in [3.63, 3.8) is 0 Å². The van der Waals surface area contributed by atoms with E-state index in [1.165, 1.54) is 11.3 Å². The summed E-state index contributed by atoms with van der Waals surface area (Å²) in [7, 11) is 0. The molecule has 0 atom stereocenters. The maximum absolute atomic E-state index is 13.2. The maximum atomic E-state index is 13.2. The van der Waals surface area contributed by atoms with Gasteiger partial charge in [-0.1, -0.05) is 86.2 Å². The maximum Gasteiger partial charge on any atom is 0.246 e. The number of hydrogen-bond donors (Lipinski definition) is 1. The Morgan fingerprint density at radius 2 is 1.71 bits per heavy atom. The highest BCUT2D eigenvalue weighted by Crippen LogP contribution is 2.34. The Hall–Kier alpha value is -3.23. The van der Waals surface area contributed by atoms with Crippen LogP contribution in [0.5, 0.6) is 0 Å². The second-order valence-electron chi connectivity index (χ2n) is 8.99. The zero-order chi connectivity index (χ0) is 24.5.